The van der Waals surface area contributed by atoms with E-state index in [1.807, 2.05) is 18.2 Å². The summed E-state index contributed by atoms with van der Waals surface area (Å²) in [5, 5.41) is 8.89. The van der Waals surface area contributed by atoms with Gasteiger partial charge in [0.2, 0.25) is 5.91 Å². The Morgan fingerprint density at radius 2 is 1.79 bits per heavy atom. The fraction of sp³-hybridized carbons (Fsp3) is 0.591. The van der Waals surface area contributed by atoms with Crippen molar-refractivity contribution in [2.45, 2.75) is 64.6 Å². The van der Waals surface area contributed by atoms with Gasteiger partial charge in [-0.15, -0.1) is 10.2 Å². The number of hydrogen-bond donors (Lipinski definition) is 0. The van der Waals surface area contributed by atoms with Crippen LogP contribution in [0.4, 0.5) is 0 Å². The van der Waals surface area contributed by atoms with Crippen LogP contribution in [-0.2, 0) is 30.6 Å². The molecule has 2 aliphatic rings. The molecule has 7 nitrogen and oxygen atoms in total. The lowest BCUT2D eigenvalue weighted by molar-refractivity contribution is -0.133. The van der Waals surface area contributed by atoms with Gasteiger partial charge in [-0.25, -0.2) is 0 Å². The number of carbonyl (C=O) groups is 1. The van der Waals surface area contributed by atoms with Gasteiger partial charge in [-0.1, -0.05) is 13.8 Å². The van der Waals surface area contributed by atoms with Gasteiger partial charge in [0.15, 0.2) is 0 Å². The predicted molar refractivity (Wildman–Crippen MR) is 109 cm³/mol. The van der Waals surface area contributed by atoms with Gasteiger partial charge in [0.1, 0.15) is 23.1 Å². The van der Waals surface area contributed by atoms with Crippen molar-refractivity contribution >= 4 is 5.91 Å². The quantitative estimate of drug-likeness (QED) is 0.748. The molecule has 29 heavy (non-hydrogen) atoms. The zero-order chi connectivity index (χ0) is 20.5. The molecule has 7 heteroatoms. The number of hydrogen-bond acceptors (Lipinski definition) is 5. The van der Waals surface area contributed by atoms with E-state index in [9.17, 15) is 4.79 Å². The molecule has 4 rings (SSSR count). The van der Waals surface area contributed by atoms with Gasteiger partial charge in [0, 0.05) is 31.5 Å². The molecule has 1 aromatic carbocycles. The highest BCUT2D eigenvalue weighted by molar-refractivity contribution is 5.80. The Bertz CT molecular complexity index is 870. The fourth-order valence-corrected chi connectivity index (χ4v) is 4.65. The Morgan fingerprint density at radius 1 is 1.10 bits per heavy atom. The fourth-order valence-electron chi connectivity index (χ4n) is 4.65. The third-order valence-electron chi connectivity index (χ3n) is 5.98. The largest absolute Gasteiger partial charge is 0.497 e. The molecule has 0 saturated carbocycles. The van der Waals surface area contributed by atoms with Crippen molar-refractivity contribution in [1.82, 2.24) is 19.7 Å². The average Bonchev–Trinajstić information content (AvgIpc) is 3.19. The third kappa shape index (κ3) is 3.95. The Morgan fingerprint density at radius 3 is 2.45 bits per heavy atom. The molecule has 0 spiro atoms. The van der Waals surface area contributed by atoms with Crippen LogP contribution in [0.2, 0.25) is 0 Å². The number of nitrogens with zero attached hydrogens (tertiary/aromatic N) is 4. The second kappa shape index (κ2) is 8.05. The lowest BCUT2D eigenvalue weighted by Crippen LogP contribution is -2.43. The van der Waals surface area contributed by atoms with Gasteiger partial charge in [-0.05, 0) is 36.5 Å². The second-order valence-electron chi connectivity index (χ2n) is 8.53. The zero-order valence-corrected chi connectivity index (χ0v) is 17.7. The smallest absolute Gasteiger partial charge is 0.227 e. The van der Waals surface area contributed by atoms with E-state index in [4.69, 9.17) is 9.47 Å². The van der Waals surface area contributed by atoms with Crippen LogP contribution in [0.15, 0.2) is 18.2 Å². The van der Waals surface area contributed by atoms with Crippen LogP contribution >= 0.6 is 0 Å². The van der Waals surface area contributed by atoms with Crippen molar-refractivity contribution in [1.29, 1.82) is 0 Å². The number of amides is 1. The highest BCUT2D eigenvalue weighted by Crippen LogP contribution is 2.33. The van der Waals surface area contributed by atoms with Gasteiger partial charge >= 0.3 is 0 Å². The number of aromatic nitrogens is 3. The first kappa shape index (κ1) is 19.7. The van der Waals surface area contributed by atoms with Crippen molar-refractivity contribution in [3.8, 4) is 11.5 Å². The van der Waals surface area contributed by atoms with E-state index in [1.165, 1.54) is 0 Å². The number of fused-ring (bicyclic) bond motifs is 3. The molecule has 0 N–H and O–H groups in total. The lowest BCUT2D eigenvalue weighted by Gasteiger charge is -2.28. The number of benzene rings is 1. The molecule has 0 aliphatic carbocycles. The molecule has 2 aliphatic heterocycles. The Labute approximate surface area is 172 Å². The maximum atomic E-state index is 13.3. The van der Waals surface area contributed by atoms with E-state index in [-0.39, 0.29) is 18.0 Å². The van der Waals surface area contributed by atoms with Crippen LogP contribution in [0.5, 0.6) is 11.5 Å². The van der Waals surface area contributed by atoms with Crippen LogP contribution in [0.3, 0.4) is 0 Å². The highest BCUT2D eigenvalue weighted by Gasteiger charge is 2.40. The Kier molecular flexibility index (Phi) is 5.48. The van der Waals surface area contributed by atoms with Crippen molar-refractivity contribution in [2.75, 3.05) is 14.2 Å². The molecule has 0 unspecified atom stereocenters. The third-order valence-corrected chi connectivity index (χ3v) is 5.98. The number of methoxy groups -OCH3 is 2. The first-order valence-corrected chi connectivity index (χ1v) is 10.4. The minimum absolute atomic E-state index is 0.164. The SMILES string of the molecule is COc1cc(CC(=O)N2[C@@H]3CC[C@H]2Cc2nnc(CC(C)C)n2C3)cc(OC)c1. The molecule has 156 valence electrons. The molecule has 2 atom stereocenters. The minimum atomic E-state index is 0.164. The van der Waals surface area contributed by atoms with Crippen LogP contribution in [0.25, 0.3) is 0 Å². The lowest BCUT2D eigenvalue weighted by atomic mass is 10.1. The van der Waals surface area contributed by atoms with Crippen molar-refractivity contribution in [2.24, 2.45) is 5.92 Å². The van der Waals surface area contributed by atoms with Crippen LogP contribution in [0, 0.1) is 5.92 Å². The molecule has 1 saturated heterocycles. The summed E-state index contributed by atoms with van der Waals surface area (Å²) in [6.07, 6.45) is 4.12. The maximum Gasteiger partial charge on any atom is 0.227 e. The first-order valence-electron chi connectivity index (χ1n) is 10.4. The summed E-state index contributed by atoms with van der Waals surface area (Å²) in [5.74, 6) is 4.17. The molecular weight excluding hydrogens is 368 g/mol. The van der Waals surface area contributed by atoms with Gasteiger partial charge in [-0.3, -0.25) is 4.79 Å². The summed E-state index contributed by atoms with van der Waals surface area (Å²) in [6, 6.07) is 6.07. The predicted octanol–water partition coefficient (Wildman–Crippen LogP) is 2.65. The van der Waals surface area contributed by atoms with E-state index >= 15 is 0 Å². The van der Waals surface area contributed by atoms with E-state index in [0.29, 0.717) is 23.8 Å². The molecule has 1 aromatic heterocycles. The van der Waals surface area contributed by atoms with Crippen LogP contribution < -0.4 is 9.47 Å². The number of ether oxygens (including phenoxy) is 2. The summed E-state index contributed by atoms with van der Waals surface area (Å²) in [5.41, 5.74) is 0.912. The van der Waals surface area contributed by atoms with E-state index in [2.05, 4.69) is 33.5 Å². The summed E-state index contributed by atoms with van der Waals surface area (Å²) in [4.78, 5) is 15.4. The van der Waals surface area contributed by atoms with Gasteiger partial charge in [0.05, 0.1) is 26.7 Å². The highest BCUT2D eigenvalue weighted by atomic mass is 16.5. The van der Waals surface area contributed by atoms with Crippen molar-refractivity contribution < 1.29 is 14.3 Å². The maximum absolute atomic E-state index is 13.3. The summed E-state index contributed by atoms with van der Waals surface area (Å²) in [6.45, 7) is 5.19. The second-order valence-corrected chi connectivity index (χ2v) is 8.53. The molecule has 2 aromatic rings. The molecular formula is C22H30N4O3. The number of rotatable bonds is 6. The monoisotopic (exact) mass is 398 g/mol. The topological polar surface area (TPSA) is 69.5 Å². The van der Waals surface area contributed by atoms with Gasteiger partial charge < -0.3 is 18.9 Å². The van der Waals surface area contributed by atoms with Crippen molar-refractivity contribution in [3.05, 3.63) is 35.4 Å². The van der Waals surface area contributed by atoms with E-state index in [1.54, 1.807) is 14.2 Å². The van der Waals surface area contributed by atoms with E-state index in [0.717, 1.165) is 49.4 Å². The minimum Gasteiger partial charge on any atom is -0.497 e. The molecule has 1 amide bonds. The molecule has 3 heterocycles. The average molecular weight is 399 g/mol. The zero-order valence-electron chi connectivity index (χ0n) is 17.7. The molecule has 0 radical (unpaired) electrons. The molecule has 1 fully saturated rings. The van der Waals surface area contributed by atoms with Crippen LogP contribution in [0.1, 0.15) is 43.9 Å². The summed E-state index contributed by atoms with van der Waals surface area (Å²) in [7, 11) is 3.25. The van der Waals surface area contributed by atoms with Crippen LogP contribution in [-0.4, -0.2) is 51.9 Å². The van der Waals surface area contributed by atoms with Gasteiger partial charge in [-0.2, -0.15) is 0 Å². The first-order chi connectivity index (χ1) is 14.0. The van der Waals surface area contributed by atoms with E-state index < -0.39 is 0 Å². The van der Waals surface area contributed by atoms with Gasteiger partial charge in [0.25, 0.3) is 0 Å². The summed E-state index contributed by atoms with van der Waals surface area (Å²) < 4.78 is 13.0. The van der Waals surface area contributed by atoms with Crippen molar-refractivity contribution in [3.63, 3.8) is 0 Å². The standard InChI is InChI=1S/C22H30N4O3/c1-14(2)7-20-23-24-21-11-16-5-6-17(13-25(20)21)26(16)22(27)10-15-8-18(28-3)12-19(9-15)29-4/h8-9,12,14,16-17H,5-7,10-11,13H2,1-4H3/t16-,17+/m0/s1. The Balaban J connectivity index is 1.54. The Hall–Kier alpha value is -2.57. The molecule has 2 bridgehead atoms. The number of carbonyl (C=O) groups excluding carboxylic acids is 1. The normalized spacial score (nSPS) is 20.5. The summed E-state index contributed by atoms with van der Waals surface area (Å²) >= 11 is 0.